The number of nitrogens with one attached hydrogen (secondary N) is 2. The average Bonchev–Trinajstić information content (AvgIpc) is 3.30. The number of hydrogen-bond acceptors (Lipinski definition) is 10. The van der Waals surface area contributed by atoms with Gasteiger partial charge < -0.3 is 19.7 Å². The Balaban J connectivity index is 1.43. The second-order valence-electron chi connectivity index (χ2n) is 8.01. The summed E-state index contributed by atoms with van der Waals surface area (Å²) in [6.07, 6.45) is 2.84. The summed E-state index contributed by atoms with van der Waals surface area (Å²) in [5, 5.41) is 8.16. The first-order valence-electron chi connectivity index (χ1n) is 11.4. The van der Waals surface area contributed by atoms with Gasteiger partial charge in [0.2, 0.25) is 0 Å². The number of aliphatic imine (C=N–C) groups is 1. The summed E-state index contributed by atoms with van der Waals surface area (Å²) in [4.78, 5) is 23.3. The van der Waals surface area contributed by atoms with Gasteiger partial charge in [0.25, 0.3) is 0 Å². The molecule has 4 rings (SSSR count). The van der Waals surface area contributed by atoms with Crippen LogP contribution in [0.1, 0.15) is 11.3 Å². The number of pyridine rings is 1. The van der Waals surface area contributed by atoms with Crippen LogP contribution in [0.4, 0.5) is 22.0 Å². The average molecular weight is 498 g/mol. The fourth-order valence-electron chi connectivity index (χ4n) is 3.63. The van der Waals surface area contributed by atoms with Gasteiger partial charge in [-0.05, 0) is 35.7 Å². The van der Waals surface area contributed by atoms with Crippen LogP contribution in [0.25, 0.3) is 0 Å². The predicted molar refractivity (Wildman–Crippen MR) is 140 cm³/mol. The predicted octanol–water partition coefficient (Wildman–Crippen LogP) is 3.56. The summed E-state index contributed by atoms with van der Waals surface area (Å²) in [7, 11) is 1.98. The van der Waals surface area contributed by atoms with Gasteiger partial charge in [0.15, 0.2) is 0 Å². The van der Waals surface area contributed by atoms with Crippen molar-refractivity contribution in [3.8, 4) is 0 Å². The third-order valence-electron chi connectivity index (χ3n) is 5.38. The number of morpholine rings is 1. The Hall–Kier alpha value is -3.28. The van der Waals surface area contributed by atoms with Crippen LogP contribution in [0.3, 0.4) is 0 Å². The molecular formula is C24H31N7O3S. The number of rotatable bonds is 10. The number of carbonyl (C=O) groups excluding carboxylic acids is 1. The normalized spacial score (nSPS) is 15.8. The molecule has 2 aliphatic heterocycles. The van der Waals surface area contributed by atoms with Crippen molar-refractivity contribution in [1.29, 1.82) is 0 Å². The van der Waals surface area contributed by atoms with Gasteiger partial charge in [-0.25, -0.2) is 9.78 Å². The van der Waals surface area contributed by atoms with E-state index in [1.807, 2.05) is 42.7 Å². The minimum Gasteiger partial charge on any atom is -0.445 e. The summed E-state index contributed by atoms with van der Waals surface area (Å²) >= 11 is 1.68. The number of hydrazine groups is 1. The van der Waals surface area contributed by atoms with Crippen LogP contribution in [0.5, 0.6) is 0 Å². The first-order valence-corrected chi connectivity index (χ1v) is 12.4. The third-order valence-corrected chi connectivity index (χ3v) is 6.48. The Morgan fingerprint density at radius 2 is 2.14 bits per heavy atom. The zero-order chi connectivity index (χ0) is 24.5. The van der Waals surface area contributed by atoms with Gasteiger partial charge in [0.1, 0.15) is 25.4 Å². The molecule has 3 heterocycles. The van der Waals surface area contributed by atoms with Crippen LogP contribution < -0.4 is 15.5 Å². The van der Waals surface area contributed by atoms with Crippen molar-refractivity contribution in [2.45, 2.75) is 12.3 Å². The second-order valence-corrected chi connectivity index (χ2v) is 8.97. The van der Waals surface area contributed by atoms with Gasteiger partial charge >= 0.3 is 6.09 Å². The molecule has 0 radical (unpaired) electrons. The number of nitrogens with zero attached hydrogens (tertiary/aromatic N) is 5. The Morgan fingerprint density at radius 1 is 1.29 bits per heavy atom. The molecule has 35 heavy (non-hydrogen) atoms. The lowest BCUT2D eigenvalue weighted by molar-refractivity contribution is 0.122. The Kier molecular flexibility index (Phi) is 8.82. The first kappa shape index (κ1) is 24.8. The topological polar surface area (TPSA) is 94.6 Å². The van der Waals surface area contributed by atoms with Crippen molar-refractivity contribution in [1.82, 2.24) is 14.4 Å². The number of hydrogen-bond donors (Lipinski definition) is 2. The van der Waals surface area contributed by atoms with E-state index in [-0.39, 0.29) is 6.61 Å². The van der Waals surface area contributed by atoms with Crippen molar-refractivity contribution >= 4 is 41.6 Å². The van der Waals surface area contributed by atoms with Crippen molar-refractivity contribution in [2.75, 3.05) is 62.2 Å². The van der Waals surface area contributed by atoms with Gasteiger partial charge in [-0.1, -0.05) is 24.8 Å². The van der Waals surface area contributed by atoms with E-state index < -0.39 is 6.09 Å². The number of ether oxygens (including phenoxy) is 2. The maximum Gasteiger partial charge on any atom is 0.411 e. The summed E-state index contributed by atoms with van der Waals surface area (Å²) in [5.74, 6) is 1.53. The molecule has 0 aliphatic carbocycles. The summed E-state index contributed by atoms with van der Waals surface area (Å²) in [5.41, 5.74) is 3.80. The SMILES string of the molecule is C=CCOC(=O)Nc1cccc(CNc2cc(N3CCOCC3)cc(CSN3CN=CN3C)n2)c1. The molecule has 1 saturated heterocycles. The molecule has 1 fully saturated rings. The Morgan fingerprint density at radius 3 is 2.91 bits per heavy atom. The van der Waals surface area contributed by atoms with Crippen LogP contribution in [0.2, 0.25) is 0 Å². The highest BCUT2D eigenvalue weighted by atomic mass is 32.2. The van der Waals surface area contributed by atoms with Gasteiger partial charge in [0.05, 0.1) is 24.7 Å². The minimum absolute atomic E-state index is 0.167. The number of aromatic nitrogens is 1. The van der Waals surface area contributed by atoms with E-state index in [1.54, 1.807) is 11.9 Å². The molecule has 0 bridgehead atoms. The molecule has 0 saturated carbocycles. The van der Waals surface area contributed by atoms with E-state index in [2.05, 4.69) is 43.7 Å². The number of carbonyl (C=O) groups is 1. The van der Waals surface area contributed by atoms with Gasteiger partial charge in [0, 0.05) is 44.1 Å². The largest absolute Gasteiger partial charge is 0.445 e. The highest BCUT2D eigenvalue weighted by Gasteiger charge is 2.17. The second kappa shape index (κ2) is 12.4. The molecule has 1 aromatic carbocycles. The molecule has 0 atom stereocenters. The molecule has 0 spiro atoms. The molecule has 11 heteroatoms. The Labute approximate surface area is 210 Å². The van der Waals surface area contributed by atoms with Crippen LogP contribution in [-0.2, 0) is 21.8 Å². The summed E-state index contributed by atoms with van der Waals surface area (Å²) in [6.45, 7) is 8.07. The first-order chi connectivity index (χ1) is 17.1. The lowest BCUT2D eigenvalue weighted by Gasteiger charge is -2.29. The minimum atomic E-state index is -0.508. The van der Waals surface area contributed by atoms with Crippen LogP contribution >= 0.6 is 11.9 Å². The monoisotopic (exact) mass is 497 g/mol. The van der Waals surface area contributed by atoms with E-state index in [9.17, 15) is 4.79 Å². The van der Waals surface area contributed by atoms with Crippen molar-refractivity contribution in [3.63, 3.8) is 0 Å². The van der Waals surface area contributed by atoms with E-state index in [0.29, 0.717) is 18.9 Å². The fraction of sp³-hybridized carbons (Fsp3) is 0.375. The summed E-state index contributed by atoms with van der Waals surface area (Å²) in [6, 6.07) is 11.9. The standard InChI is InChI=1S/C24H31N7O3S/c1-3-9-34-24(32)28-20-6-4-5-19(12-20)15-26-23-14-22(30-7-10-33-11-8-30)13-21(27-23)16-35-31-18-25-17-29(31)2/h3-6,12-14,17H,1,7-11,15-16,18H2,2H3,(H,26,27)(H,28,32). The molecule has 2 aliphatic rings. The van der Waals surface area contributed by atoms with Crippen LogP contribution in [0, 0.1) is 0 Å². The third kappa shape index (κ3) is 7.35. The molecule has 1 aromatic heterocycles. The lowest BCUT2D eigenvalue weighted by Crippen LogP contribution is -2.36. The molecule has 2 aromatic rings. The van der Waals surface area contributed by atoms with Crippen molar-refractivity contribution in [3.05, 3.63) is 60.3 Å². The molecule has 186 valence electrons. The van der Waals surface area contributed by atoms with Crippen molar-refractivity contribution < 1.29 is 14.3 Å². The fourth-order valence-corrected chi connectivity index (χ4v) is 4.44. The smallest absolute Gasteiger partial charge is 0.411 e. The van der Waals surface area contributed by atoms with E-state index in [0.717, 1.165) is 54.8 Å². The summed E-state index contributed by atoms with van der Waals surface area (Å²) < 4.78 is 12.6. The van der Waals surface area contributed by atoms with Crippen molar-refractivity contribution in [2.24, 2.45) is 4.99 Å². The Bertz CT molecular complexity index is 1050. The maximum absolute atomic E-state index is 11.8. The van der Waals surface area contributed by atoms with E-state index >= 15 is 0 Å². The molecular weight excluding hydrogens is 466 g/mol. The van der Waals surface area contributed by atoms with E-state index in [4.69, 9.17) is 14.5 Å². The van der Waals surface area contributed by atoms with Crippen LogP contribution in [0.15, 0.2) is 54.0 Å². The zero-order valence-corrected chi connectivity index (χ0v) is 20.7. The number of anilines is 3. The maximum atomic E-state index is 11.8. The molecule has 0 unspecified atom stereocenters. The molecule has 1 amide bonds. The van der Waals surface area contributed by atoms with E-state index in [1.165, 1.54) is 6.08 Å². The van der Waals surface area contributed by atoms with Crippen LogP contribution in [-0.4, -0.2) is 73.5 Å². The number of benzene rings is 1. The molecule has 2 N–H and O–H groups in total. The highest BCUT2D eigenvalue weighted by Crippen LogP contribution is 2.26. The number of amides is 1. The molecule has 10 nitrogen and oxygen atoms in total. The quantitative estimate of drug-likeness (QED) is 0.377. The van der Waals surface area contributed by atoms with Gasteiger partial charge in [-0.3, -0.25) is 15.3 Å². The van der Waals surface area contributed by atoms with Gasteiger partial charge in [-0.15, -0.1) is 4.41 Å². The lowest BCUT2D eigenvalue weighted by atomic mass is 10.2. The highest BCUT2D eigenvalue weighted by molar-refractivity contribution is 7.96. The van der Waals surface area contributed by atoms with Gasteiger partial charge in [-0.2, -0.15) is 0 Å². The zero-order valence-electron chi connectivity index (χ0n) is 19.9.